The SMILES string of the molecule is CC(C)c1ccc(CCOc2ccc(C(=O)NS(=O)(=O)c3ccc(Cl)cc3Cl)cc2)cc1. The molecule has 32 heavy (non-hydrogen) atoms. The summed E-state index contributed by atoms with van der Waals surface area (Å²) in [6.07, 6.45) is 0.751. The smallest absolute Gasteiger partial charge is 0.265 e. The molecule has 3 aromatic rings. The van der Waals surface area contributed by atoms with Gasteiger partial charge in [-0.25, -0.2) is 13.1 Å². The summed E-state index contributed by atoms with van der Waals surface area (Å²) in [5.74, 6) is 0.311. The molecule has 0 bridgehead atoms. The number of nitrogens with one attached hydrogen (secondary N) is 1. The van der Waals surface area contributed by atoms with Gasteiger partial charge >= 0.3 is 0 Å². The fraction of sp³-hybridized carbons (Fsp3) is 0.208. The molecule has 0 aromatic heterocycles. The molecular formula is C24H23Cl2NO4S. The maximum atomic E-state index is 12.5. The van der Waals surface area contributed by atoms with E-state index in [1.807, 2.05) is 4.72 Å². The first-order valence-corrected chi connectivity index (χ1v) is 12.2. The molecule has 168 valence electrons. The maximum absolute atomic E-state index is 12.5. The van der Waals surface area contributed by atoms with E-state index in [-0.39, 0.29) is 15.5 Å². The number of benzene rings is 3. The molecule has 3 rings (SSSR count). The van der Waals surface area contributed by atoms with Gasteiger partial charge in [0.05, 0.1) is 11.6 Å². The number of hydrogen-bond acceptors (Lipinski definition) is 4. The average molecular weight is 492 g/mol. The second kappa shape index (κ2) is 10.4. The van der Waals surface area contributed by atoms with Crippen molar-refractivity contribution in [3.63, 3.8) is 0 Å². The van der Waals surface area contributed by atoms with E-state index in [2.05, 4.69) is 38.1 Å². The van der Waals surface area contributed by atoms with E-state index >= 15 is 0 Å². The molecule has 0 aliphatic carbocycles. The molecule has 0 saturated carbocycles. The summed E-state index contributed by atoms with van der Waals surface area (Å²) in [5, 5.41) is 0.226. The fourth-order valence-electron chi connectivity index (χ4n) is 2.99. The average Bonchev–Trinajstić information content (AvgIpc) is 2.74. The highest BCUT2D eigenvalue weighted by atomic mass is 35.5. The number of carbonyl (C=O) groups excluding carboxylic acids is 1. The third-order valence-electron chi connectivity index (χ3n) is 4.83. The fourth-order valence-corrected chi connectivity index (χ4v) is 4.74. The Labute approximate surface area is 198 Å². The first kappa shape index (κ1) is 24.1. The normalized spacial score (nSPS) is 11.4. The Kier molecular flexibility index (Phi) is 7.82. The van der Waals surface area contributed by atoms with Gasteiger partial charge in [0.2, 0.25) is 0 Å². The predicted octanol–water partition coefficient (Wildman–Crippen LogP) is 5.86. The number of sulfonamides is 1. The van der Waals surface area contributed by atoms with Crippen LogP contribution in [0.1, 0.15) is 41.3 Å². The second-order valence-electron chi connectivity index (χ2n) is 7.53. The Morgan fingerprint density at radius 3 is 2.22 bits per heavy atom. The van der Waals surface area contributed by atoms with Gasteiger partial charge in [0.1, 0.15) is 10.6 Å². The van der Waals surface area contributed by atoms with Crippen LogP contribution < -0.4 is 9.46 Å². The minimum Gasteiger partial charge on any atom is -0.493 e. The Hall–Kier alpha value is -2.54. The molecule has 1 amide bonds. The van der Waals surface area contributed by atoms with Gasteiger partial charge in [-0.05, 0) is 59.5 Å². The standard InChI is InChI=1S/C24H23Cl2NO4S/c1-16(2)18-5-3-17(4-6-18)13-14-31-21-10-7-19(8-11-21)24(28)27-32(29,30)23-12-9-20(25)15-22(23)26/h3-12,15-16H,13-14H2,1-2H3,(H,27,28). The van der Waals surface area contributed by atoms with Crippen LogP contribution in [0.25, 0.3) is 0 Å². The van der Waals surface area contributed by atoms with E-state index in [4.69, 9.17) is 27.9 Å². The number of amides is 1. The lowest BCUT2D eigenvalue weighted by molar-refractivity contribution is 0.0981. The van der Waals surface area contributed by atoms with E-state index in [0.29, 0.717) is 23.3 Å². The monoisotopic (exact) mass is 491 g/mol. The molecule has 3 aromatic carbocycles. The van der Waals surface area contributed by atoms with Crippen LogP contribution in [0.5, 0.6) is 5.75 Å². The van der Waals surface area contributed by atoms with E-state index in [1.54, 1.807) is 12.1 Å². The number of carbonyl (C=O) groups is 1. The van der Waals surface area contributed by atoms with Crippen molar-refractivity contribution >= 4 is 39.1 Å². The molecule has 0 spiro atoms. The molecule has 0 heterocycles. The van der Waals surface area contributed by atoms with Gasteiger partial charge in [-0.15, -0.1) is 0 Å². The third kappa shape index (κ3) is 6.25. The van der Waals surface area contributed by atoms with Gasteiger partial charge in [0.25, 0.3) is 15.9 Å². The zero-order chi connectivity index (χ0) is 23.3. The largest absolute Gasteiger partial charge is 0.493 e. The van der Waals surface area contributed by atoms with Crippen molar-refractivity contribution in [1.82, 2.24) is 4.72 Å². The van der Waals surface area contributed by atoms with Gasteiger partial charge in [0.15, 0.2) is 0 Å². The molecule has 1 N–H and O–H groups in total. The summed E-state index contributed by atoms with van der Waals surface area (Å²) in [6.45, 7) is 4.80. The van der Waals surface area contributed by atoms with E-state index < -0.39 is 15.9 Å². The Morgan fingerprint density at radius 2 is 1.62 bits per heavy atom. The van der Waals surface area contributed by atoms with E-state index in [1.165, 1.54) is 41.5 Å². The first-order valence-electron chi connectivity index (χ1n) is 9.99. The van der Waals surface area contributed by atoms with Crippen LogP contribution in [0.15, 0.2) is 71.6 Å². The highest BCUT2D eigenvalue weighted by molar-refractivity contribution is 7.90. The van der Waals surface area contributed by atoms with Crippen LogP contribution in [0.4, 0.5) is 0 Å². The zero-order valence-electron chi connectivity index (χ0n) is 17.6. The number of halogens is 2. The third-order valence-corrected chi connectivity index (χ3v) is 6.88. The molecule has 0 unspecified atom stereocenters. The zero-order valence-corrected chi connectivity index (χ0v) is 20.0. The molecule has 0 aliphatic heterocycles. The maximum Gasteiger partial charge on any atom is 0.265 e. The van der Waals surface area contributed by atoms with Crippen LogP contribution >= 0.6 is 23.2 Å². The van der Waals surface area contributed by atoms with Gasteiger partial charge in [-0.1, -0.05) is 61.3 Å². The highest BCUT2D eigenvalue weighted by Gasteiger charge is 2.21. The first-order chi connectivity index (χ1) is 15.2. The Morgan fingerprint density at radius 1 is 0.969 bits per heavy atom. The minimum absolute atomic E-state index is 0.0691. The topological polar surface area (TPSA) is 72.5 Å². The number of rotatable bonds is 8. The van der Waals surface area contributed by atoms with Crippen molar-refractivity contribution in [3.05, 3.63) is 93.5 Å². The lowest BCUT2D eigenvalue weighted by Gasteiger charge is -2.10. The summed E-state index contributed by atoms with van der Waals surface area (Å²) in [6, 6.07) is 18.6. The molecule has 0 atom stereocenters. The molecule has 0 fully saturated rings. The lowest BCUT2D eigenvalue weighted by Crippen LogP contribution is -2.30. The molecule has 0 aliphatic rings. The summed E-state index contributed by atoms with van der Waals surface area (Å²) in [4.78, 5) is 12.2. The Bertz CT molecular complexity index is 1190. The van der Waals surface area contributed by atoms with Gasteiger partial charge in [0, 0.05) is 17.0 Å². The van der Waals surface area contributed by atoms with Crippen molar-refractivity contribution in [3.8, 4) is 5.75 Å². The quantitative estimate of drug-likeness (QED) is 0.428. The minimum atomic E-state index is -4.14. The summed E-state index contributed by atoms with van der Waals surface area (Å²) >= 11 is 11.7. The molecule has 5 nitrogen and oxygen atoms in total. The van der Waals surface area contributed by atoms with Crippen LogP contribution in [0.2, 0.25) is 10.0 Å². The van der Waals surface area contributed by atoms with Gasteiger partial charge in [-0.3, -0.25) is 4.79 Å². The summed E-state index contributed by atoms with van der Waals surface area (Å²) < 4.78 is 32.7. The molecule has 0 saturated heterocycles. The summed E-state index contributed by atoms with van der Waals surface area (Å²) in [7, 11) is -4.14. The van der Waals surface area contributed by atoms with E-state index in [0.717, 1.165) is 6.42 Å². The highest BCUT2D eigenvalue weighted by Crippen LogP contribution is 2.25. The van der Waals surface area contributed by atoms with Crippen LogP contribution in [0.3, 0.4) is 0 Å². The second-order valence-corrected chi connectivity index (χ2v) is 10.0. The number of hydrogen-bond donors (Lipinski definition) is 1. The van der Waals surface area contributed by atoms with Crippen LogP contribution in [-0.4, -0.2) is 20.9 Å². The number of ether oxygens (including phenoxy) is 1. The van der Waals surface area contributed by atoms with Gasteiger partial charge in [-0.2, -0.15) is 0 Å². The molecule has 0 radical (unpaired) electrons. The molecular weight excluding hydrogens is 469 g/mol. The van der Waals surface area contributed by atoms with Crippen LogP contribution in [0, 0.1) is 0 Å². The van der Waals surface area contributed by atoms with E-state index in [9.17, 15) is 13.2 Å². The summed E-state index contributed by atoms with van der Waals surface area (Å²) in [5.41, 5.74) is 2.65. The van der Waals surface area contributed by atoms with Crippen molar-refractivity contribution in [2.75, 3.05) is 6.61 Å². The van der Waals surface area contributed by atoms with Gasteiger partial charge < -0.3 is 4.74 Å². The van der Waals surface area contributed by atoms with Crippen molar-refractivity contribution in [1.29, 1.82) is 0 Å². The van der Waals surface area contributed by atoms with Crippen LogP contribution in [-0.2, 0) is 16.4 Å². The van der Waals surface area contributed by atoms with Crippen molar-refractivity contribution in [2.45, 2.75) is 31.1 Å². The van der Waals surface area contributed by atoms with Crippen molar-refractivity contribution in [2.24, 2.45) is 0 Å². The van der Waals surface area contributed by atoms with Crippen molar-refractivity contribution < 1.29 is 17.9 Å². The Balaban J connectivity index is 1.57. The predicted molar refractivity (Wildman–Crippen MR) is 127 cm³/mol. The lowest BCUT2D eigenvalue weighted by atomic mass is 10.0. The molecule has 8 heteroatoms.